The molecule has 1 aromatic rings. The molecule has 0 radical (unpaired) electrons. The Morgan fingerprint density at radius 1 is 1.27 bits per heavy atom. The van der Waals surface area contributed by atoms with Crippen LogP contribution in [0.1, 0.15) is 57.1 Å². The van der Waals surface area contributed by atoms with E-state index in [2.05, 4.69) is 48.0 Å². The highest BCUT2D eigenvalue weighted by atomic mass is 79.9. The topological polar surface area (TPSA) is 20.3 Å². The molecule has 0 atom stereocenters. The van der Waals surface area contributed by atoms with Crippen LogP contribution in [0, 0.1) is 5.92 Å². The molecule has 1 fully saturated rings. The molecule has 0 bridgehead atoms. The van der Waals surface area contributed by atoms with Gasteiger partial charge in [-0.2, -0.15) is 0 Å². The lowest BCUT2D eigenvalue weighted by atomic mass is 9.88. The minimum atomic E-state index is 0.122. The van der Waals surface area contributed by atoms with Gasteiger partial charge in [0, 0.05) is 22.5 Å². The Morgan fingerprint density at radius 3 is 2.68 bits per heavy atom. The van der Waals surface area contributed by atoms with Gasteiger partial charge in [-0.25, -0.2) is 0 Å². The number of hydrogen-bond acceptors (Lipinski definition) is 1. The lowest BCUT2D eigenvalue weighted by Crippen LogP contribution is -2.35. The number of anilines is 1. The van der Waals surface area contributed by atoms with Crippen molar-refractivity contribution in [2.45, 2.75) is 63.1 Å². The van der Waals surface area contributed by atoms with Crippen molar-refractivity contribution in [1.82, 2.24) is 0 Å². The SMILES string of the molecule is CC(C)(Br)Cc1ccc2c(c1)CCN2C(=O)C1CCCCC1. The van der Waals surface area contributed by atoms with Crippen LogP contribution in [0.2, 0.25) is 0 Å². The second-order valence-electron chi connectivity index (χ2n) is 7.43. The number of hydrogen-bond donors (Lipinski definition) is 0. The Hall–Kier alpha value is -0.830. The van der Waals surface area contributed by atoms with E-state index in [1.165, 1.54) is 30.4 Å². The molecule has 3 rings (SSSR count). The van der Waals surface area contributed by atoms with Gasteiger partial charge in [-0.05, 0) is 56.7 Å². The van der Waals surface area contributed by atoms with E-state index >= 15 is 0 Å². The van der Waals surface area contributed by atoms with E-state index in [0.717, 1.165) is 37.9 Å². The average molecular weight is 364 g/mol. The van der Waals surface area contributed by atoms with E-state index in [0.29, 0.717) is 5.91 Å². The fourth-order valence-corrected chi connectivity index (χ4v) is 4.17. The molecule has 1 aliphatic heterocycles. The van der Waals surface area contributed by atoms with Crippen molar-refractivity contribution in [3.63, 3.8) is 0 Å². The van der Waals surface area contributed by atoms with Gasteiger partial charge in [0.2, 0.25) is 5.91 Å². The van der Waals surface area contributed by atoms with Crippen LogP contribution >= 0.6 is 15.9 Å². The summed E-state index contributed by atoms with van der Waals surface area (Å²) in [6, 6.07) is 6.65. The number of amides is 1. The van der Waals surface area contributed by atoms with Gasteiger partial charge in [0.1, 0.15) is 0 Å². The average Bonchev–Trinajstić information content (AvgIpc) is 2.88. The Balaban J connectivity index is 1.75. The molecule has 1 amide bonds. The maximum absolute atomic E-state index is 12.8. The second-order valence-corrected chi connectivity index (χ2v) is 9.58. The highest BCUT2D eigenvalue weighted by molar-refractivity contribution is 9.10. The Morgan fingerprint density at radius 2 is 2.00 bits per heavy atom. The van der Waals surface area contributed by atoms with Crippen LogP contribution in [0.4, 0.5) is 5.69 Å². The quantitative estimate of drug-likeness (QED) is 0.701. The number of alkyl halides is 1. The van der Waals surface area contributed by atoms with Crippen LogP contribution in [0.25, 0.3) is 0 Å². The summed E-state index contributed by atoms with van der Waals surface area (Å²) in [5, 5.41) is 0. The van der Waals surface area contributed by atoms with Gasteiger partial charge < -0.3 is 4.90 Å². The van der Waals surface area contributed by atoms with Crippen molar-refractivity contribution in [1.29, 1.82) is 0 Å². The number of nitrogens with zero attached hydrogens (tertiary/aromatic N) is 1. The summed E-state index contributed by atoms with van der Waals surface area (Å²) in [6.07, 6.45) is 7.92. The number of halogens is 1. The maximum Gasteiger partial charge on any atom is 0.230 e. The van der Waals surface area contributed by atoms with Crippen molar-refractivity contribution in [2.75, 3.05) is 11.4 Å². The molecule has 1 aromatic carbocycles. The van der Waals surface area contributed by atoms with Gasteiger partial charge in [0.15, 0.2) is 0 Å². The Bertz CT molecular complexity index is 555. The standard InChI is InChI=1S/C19H26BrNO/c1-19(2,20)13-14-8-9-17-16(12-14)10-11-21(17)18(22)15-6-4-3-5-7-15/h8-9,12,15H,3-7,10-11,13H2,1-2H3. The van der Waals surface area contributed by atoms with E-state index in [-0.39, 0.29) is 10.2 Å². The van der Waals surface area contributed by atoms with Crippen LogP contribution in [0.3, 0.4) is 0 Å². The van der Waals surface area contributed by atoms with E-state index in [9.17, 15) is 4.79 Å². The molecule has 1 heterocycles. The first-order chi connectivity index (χ1) is 10.4. The zero-order valence-corrected chi connectivity index (χ0v) is 15.3. The Labute approximate surface area is 142 Å². The highest BCUT2D eigenvalue weighted by Crippen LogP contribution is 2.34. The first-order valence-corrected chi connectivity index (χ1v) is 9.35. The fraction of sp³-hybridized carbons (Fsp3) is 0.632. The normalized spacial score (nSPS) is 19.3. The number of carbonyl (C=O) groups is 1. The van der Waals surface area contributed by atoms with Crippen molar-refractivity contribution < 1.29 is 4.79 Å². The molecule has 0 saturated heterocycles. The summed E-state index contributed by atoms with van der Waals surface area (Å²) < 4.78 is 0.122. The smallest absolute Gasteiger partial charge is 0.230 e. The van der Waals surface area contributed by atoms with Gasteiger partial charge in [0.05, 0.1) is 0 Å². The summed E-state index contributed by atoms with van der Waals surface area (Å²) >= 11 is 3.72. The number of rotatable bonds is 3. The fourth-order valence-electron chi connectivity index (χ4n) is 3.85. The molecule has 1 aliphatic carbocycles. The second kappa shape index (κ2) is 6.35. The van der Waals surface area contributed by atoms with Crippen molar-refractivity contribution in [3.8, 4) is 0 Å². The van der Waals surface area contributed by atoms with Crippen molar-refractivity contribution in [3.05, 3.63) is 29.3 Å². The zero-order valence-electron chi connectivity index (χ0n) is 13.7. The number of carbonyl (C=O) groups excluding carboxylic acids is 1. The van der Waals surface area contributed by atoms with Gasteiger partial charge >= 0.3 is 0 Å². The minimum absolute atomic E-state index is 0.122. The Kier molecular flexibility index (Phi) is 4.63. The monoisotopic (exact) mass is 363 g/mol. The summed E-state index contributed by atoms with van der Waals surface area (Å²) in [7, 11) is 0. The predicted octanol–water partition coefficient (Wildman–Crippen LogP) is 4.87. The van der Waals surface area contributed by atoms with Gasteiger partial charge in [-0.3, -0.25) is 4.79 Å². The lowest BCUT2D eigenvalue weighted by molar-refractivity contribution is -0.123. The minimum Gasteiger partial charge on any atom is -0.312 e. The molecule has 2 nitrogen and oxygen atoms in total. The summed E-state index contributed by atoms with van der Waals surface area (Å²) in [6.45, 7) is 5.25. The van der Waals surface area contributed by atoms with Gasteiger partial charge in [0.25, 0.3) is 0 Å². The largest absolute Gasteiger partial charge is 0.312 e. The molecule has 0 N–H and O–H groups in total. The molecular formula is C19H26BrNO. The summed E-state index contributed by atoms with van der Waals surface area (Å²) in [5.41, 5.74) is 3.86. The summed E-state index contributed by atoms with van der Waals surface area (Å²) in [5.74, 6) is 0.632. The van der Waals surface area contributed by atoms with Crippen LogP contribution < -0.4 is 4.90 Å². The third kappa shape index (κ3) is 3.56. The third-order valence-corrected chi connectivity index (χ3v) is 5.16. The molecule has 1 saturated carbocycles. The van der Waals surface area contributed by atoms with Crippen LogP contribution in [-0.2, 0) is 17.6 Å². The van der Waals surface area contributed by atoms with Crippen molar-refractivity contribution >= 4 is 27.5 Å². The van der Waals surface area contributed by atoms with E-state index < -0.39 is 0 Å². The third-order valence-electron chi connectivity index (χ3n) is 4.88. The first kappa shape index (κ1) is 16.0. The molecular weight excluding hydrogens is 338 g/mol. The van der Waals surface area contributed by atoms with Crippen LogP contribution in [-0.4, -0.2) is 16.8 Å². The number of benzene rings is 1. The van der Waals surface area contributed by atoms with Crippen molar-refractivity contribution in [2.24, 2.45) is 5.92 Å². The molecule has 0 aromatic heterocycles. The summed E-state index contributed by atoms with van der Waals surface area (Å²) in [4.78, 5) is 14.8. The molecule has 22 heavy (non-hydrogen) atoms. The predicted molar refractivity (Wildman–Crippen MR) is 95.8 cm³/mol. The van der Waals surface area contributed by atoms with Crippen LogP contribution in [0.5, 0.6) is 0 Å². The molecule has 3 heteroatoms. The molecule has 0 spiro atoms. The van der Waals surface area contributed by atoms with E-state index in [1.807, 2.05) is 4.90 Å². The zero-order chi connectivity index (χ0) is 15.7. The molecule has 0 unspecified atom stereocenters. The van der Waals surface area contributed by atoms with Crippen LogP contribution in [0.15, 0.2) is 18.2 Å². The molecule has 120 valence electrons. The van der Waals surface area contributed by atoms with Gasteiger partial charge in [-0.1, -0.05) is 47.3 Å². The van der Waals surface area contributed by atoms with E-state index in [1.54, 1.807) is 0 Å². The van der Waals surface area contributed by atoms with Gasteiger partial charge in [-0.15, -0.1) is 0 Å². The molecule has 2 aliphatic rings. The lowest BCUT2D eigenvalue weighted by Gasteiger charge is -2.26. The number of fused-ring (bicyclic) bond motifs is 1. The maximum atomic E-state index is 12.8. The first-order valence-electron chi connectivity index (χ1n) is 8.56. The van der Waals surface area contributed by atoms with E-state index in [4.69, 9.17) is 0 Å². The highest BCUT2D eigenvalue weighted by Gasteiger charge is 2.31.